The SMILES string of the molecule is CCC(N=Cc1c[c]ccc1)SC. The molecule has 1 nitrogen and oxygen atoms in total. The lowest BCUT2D eigenvalue weighted by atomic mass is 10.2. The molecule has 1 aromatic carbocycles. The van der Waals surface area contributed by atoms with E-state index in [9.17, 15) is 0 Å². The van der Waals surface area contributed by atoms with Crippen LogP contribution in [0.4, 0.5) is 0 Å². The molecule has 0 aliphatic rings. The predicted octanol–water partition coefficient (Wildman–Crippen LogP) is 3.00. The summed E-state index contributed by atoms with van der Waals surface area (Å²) in [5.41, 5.74) is 1.12. The van der Waals surface area contributed by atoms with E-state index in [2.05, 4.69) is 24.2 Å². The Balaban J connectivity index is 2.57. The average Bonchev–Trinajstić information content (AvgIpc) is 2.21. The molecular weight excluding hydrogens is 178 g/mol. The van der Waals surface area contributed by atoms with Gasteiger partial charge in [0, 0.05) is 6.21 Å². The topological polar surface area (TPSA) is 12.4 Å². The zero-order valence-corrected chi connectivity index (χ0v) is 8.84. The molecule has 0 aliphatic carbocycles. The van der Waals surface area contributed by atoms with Gasteiger partial charge in [0.05, 0.1) is 5.37 Å². The van der Waals surface area contributed by atoms with Crippen molar-refractivity contribution in [1.82, 2.24) is 0 Å². The lowest BCUT2D eigenvalue weighted by molar-refractivity contribution is 0.876. The average molecular weight is 192 g/mol. The lowest BCUT2D eigenvalue weighted by Gasteiger charge is -2.03. The summed E-state index contributed by atoms with van der Waals surface area (Å²) in [5.74, 6) is 0. The highest BCUT2D eigenvalue weighted by Crippen LogP contribution is 2.11. The van der Waals surface area contributed by atoms with Crippen LogP contribution in [-0.4, -0.2) is 17.8 Å². The maximum Gasteiger partial charge on any atom is 0.0946 e. The van der Waals surface area contributed by atoms with Crippen LogP contribution in [0.1, 0.15) is 18.9 Å². The van der Waals surface area contributed by atoms with Crippen LogP contribution < -0.4 is 0 Å². The van der Waals surface area contributed by atoms with Gasteiger partial charge in [-0.25, -0.2) is 0 Å². The Morgan fingerprint density at radius 2 is 2.54 bits per heavy atom. The van der Waals surface area contributed by atoms with Gasteiger partial charge in [0.15, 0.2) is 0 Å². The van der Waals surface area contributed by atoms with Gasteiger partial charge in [0.2, 0.25) is 0 Å². The van der Waals surface area contributed by atoms with Gasteiger partial charge in [-0.05, 0) is 30.4 Å². The fourth-order valence-corrected chi connectivity index (χ4v) is 1.51. The molecule has 13 heavy (non-hydrogen) atoms. The highest BCUT2D eigenvalue weighted by atomic mass is 32.2. The number of thioether (sulfide) groups is 1. The number of benzene rings is 1. The van der Waals surface area contributed by atoms with Crippen molar-refractivity contribution in [3.05, 3.63) is 35.9 Å². The molecule has 1 aromatic rings. The third-order valence-corrected chi connectivity index (χ3v) is 2.74. The molecule has 0 heterocycles. The molecule has 0 N–H and O–H groups in total. The normalized spacial score (nSPS) is 13.4. The van der Waals surface area contributed by atoms with E-state index in [1.54, 1.807) is 11.8 Å². The Morgan fingerprint density at radius 3 is 3.08 bits per heavy atom. The van der Waals surface area contributed by atoms with E-state index >= 15 is 0 Å². The second kappa shape index (κ2) is 5.81. The van der Waals surface area contributed by atoms with Crippen LogP contribution in [0.3, 0.4) is 0 Å². The van der Waals surface area contributed by atoms with E-state index in [1.165, 1.54) is 0 Å². The molecule has 2 heteroatoms. The molecular formula is C11H14NS. The third kappa shape index (κ3) is 3.64. The Hall–Kier alpha value is -0.760. The molecule has 1 radical (unpaired) electrons. The summed E-state index contributed by atoms with van der Waals surface area (Å²) in [6.45, 7) is 2.15. The Kier molecular flexibility index (Phi) is 4.61. The minimum absolute atomic E-state index is 0.389. The molecule has 0 aliphatic heterocycles. The van der Waals surface area contributed by atoms with Crippen LogP contribution in [0, 0.1) is 6.07 Å². The summed E-state index contributed by atoms with van der Waals surface area (Å²) < 4.78 is 0. The fourth-order valence-electron chi connectivity index (χ4n) is 0.990. The number of nitrogens with zero attached hydrogens (tertiary/aromatic N) is 1. The van der Waals surface area contributed by atoms with Crippen molar-refractivity contribution in [2.24, 2.45) is 4.99 Å². The van der Waals surface area contributed by atoms with Crippen molar-refractivity contribution in [2.75, 3.05) is 6.26 Å². The third-order valence-electron chi connectivity index (χ3n) is 1.74. The summed E-state index contributed by atoms with van der Waals surface area (Å²) in [5, 5.41) is 0.389. The zero-order valence-electron chi connectivity index (χ0n) is 8.03. The summed E-state index contributed by atoms with van der Waals surface area (Å²) in [6.07, 6.45) is 5.08. The largest absolute Gasteiger partial charge is 0.278 e. The summed E-state index contributed by atoms with van der Waals surface area (Å²) >= 11 is 1.78. The minimum Gasteiger partial charge on any atom is -0.278 e. The second-order valence-corrected chi connectivity index (χ2v) is 3.73. The number of hydrogen-bond acceptors (Lipinski definition) is 2. The highest BCUT2D eigenvalue weighted by Gasteiger charge is 1.97. The van der Waals surface area contributed by atoms with Crippen molar-refractivity contribution in [3.63, 3.8) is 0 Å². The molecule has 0 saturated carbocycles. The van der Waals surface area contributed by atoms with Crippen LogP contribution in [0.5, 0.6) is 0 Å². The lowest BCUT2D eigenvalue weighted by Crippen LogP contribution is -1.95. The van der Waals surface area contributed by atoms with Crippen LogP contribution in [0.25, 0.3) is 0 Å². The Morgan fingerprint density at radius 1 is 1.69 bits per heavy atom. The summed E-state index contributed by atoms with van der Waals surface area (Å²) in [6, 6.07) is 10.9. The predicted molar refractivity (Wildman–Crippen MR) is 60.5 cm³/mol. The van der Waals surface area contributed by atoms with Crippen LogP contribution >= 0.6 is 11.8 Å². The van der Waals surface area contributed by atoms with Crippen LogP contribution in [0.2, 0.25) is 0 Å². The second-order valence-electron chi connectivity index (χ2n) is 2.71. The molecule has 0 aromatic heterocycles. The molecule has 0 amide bonds. The van der Waals surface area contributed by atoms with Gasteiger partial charge in [-0.1, -0.05) is 25.1 Å². The van der Waals surface area contributed by atoms with Crippen molar-refractivity contribution < 1.29 is 0 Å². The number of aliphatic imine (C=N–C) groups is 1. The summed E-state index contributed by atoms with van der Waals surface area (Å²) in [4.78, 5) is 4.45. The van der Waals surface area contributed by atoms with E-state index in [1.807, 2.05) is 30.5 Å². The zero-order chi connectivity index (χ0) is 9.52. The monoisotopic (exact) mass is 192 g/mol. The van der Waals surface area contributed by atoms with E-state index < -0.39 is 0 Å². The van der Waals surface area contributed by atoms with E-state index in [-0.39, 0.29) is 0 Å². The van der Waals surface area contributed by atoms with Gasteiger partial charge in [0.1, 0.15) is 0 Å². The maximum absolute atomic E-state index is 4.45. The Labute approximate surface area is 84.3 Å². The highest BCUT2D eigenvalue weighted by molar-refractivity contribution is 7.99. The molecule has 69 valence electrons. The molecule has 0 saturated heterocycles. The number of rotatable bonds is 4. The smallest absolute Gasteiger partial charge is 0.0946 e. The first-order valence-corrected chi connectivity index (χ1v) is 5.67. The molecule has 0 spiro atoms. The first-order chi connectivity index (χ1) is 6.36. The standard InChI is InChI=1S/C11H14NS/c1-3-11(13-2)12-9-10-7-5-4-6-8-10/h4-5,7-9,11H,3H2,1-2H3. The fraction of sp³-hybridized carbons (Fsp3) is 0.364. The van der Waals surface area contributed by atoms with Gasteiger partial charge in [-0.3, -0.25) is 4.99 Å². The Bertz CT molecular complexity index is 252. The summed E-state index contributed by atoms with van der Waals surface area (Å²) in [7, 11) is 0. The molecule has 0 fully saturated rings. The molecule has 0 bridgehead atoms. The van der Waals surface area contributed by atoms with Gasteiger partial charge >= 0.3 is 0 Å². The van der Waals surface area contributed by atoms with Crippen LogP contribution in [0.15, 0.2) is 29.3 Å². The quantitative estimate of drug-likeness (QED) is 0.668. The molecule has 1 atom stereocenters. The first kappa shape index (κ1) is 10.3. The van der Waals surface area contributed by atoms with Gasteiger partial charge in [-0.15, -0.1) is 11.8 Å². The van der Waals surface area contributed by atoms with Crippen molar-refractivity contribution in [1.29, 1.82) is 0 Å². The van der Waals surface area contributed by atoms with Gasteiger partial charge < -0.3 is 0 Å². The van der Waals surface area contributed by atoms with E-state index in [0.717, 1.165) is 12.0 Å². The van der Waals surface area contributed by atoms with E-state index in [4.69, 9.17) is 0 Å². The van der Waals surface area contributed by atoms with Gasteiger partial charge in [-0.2, -0.15) is 0 Å². The van der Waals surface area contributed by atoms with Crippen LogP contribution in [-0.2, 0) is 0 Å². The number of hydrogen-bond donors (Lipinski definition) is 0. The maximum atomic E-state index is 4.45. The minimum atomic E-state index is 0.389. The molecule has 1 unspecified atom stereocenters. The van der Waals surface area contributed by atoms with Gasteiger partial charge in [0.25, 0.3) is 0 Å². The molecule has 1 rings (SSSR count). The van der Waals surface area contributed by atoms with E-state index in [0.29, 0.717) is 5.37 Å². The van der Waals surface area contributed by atoms with Crippen molar-refractivity contribution in [3.8, 4) is 0 Å². The van der Waals surface area contributed by atoms with Crippen molar-refractivity contribution in [2.45, 2.75) is 18.7 Å². The first-order valence-electron chi connectivity index (χ1n) is 4.39. The van der Waals surface area contributed by atoms with Crippen molar-refractivity contribution >= 4 is 18.0 Å².